The molecular formula is C12H19N3O2S. The lowest BCUT2D eigenvalue weighted by Gasteiger charge is -2.29. The second-order valence-corrected chi connectivity index (χ2v) is 6.21. The van der Waals surface area contributed by atoms with Crippen LogP contribution in [-0.2, 0) is 9.57 Å². The van der Waals surface area contributed by atoms with Crippen molar-refractivity contribution in [2.75, 3.05) is 12.3 Å². The SMILES string of the molecule is CC(C)(C)OC(=N)N1OCC[C@H]1c1csc(N)c1. The van der Waals surface area contributed by atoms with Crippen LogP contribution >= 0.6 is 11.3 Å². The number of ether oxygens (including phenoxy) is 1. The molecule has 1 saturated heterocycles. The molecule has 5 nitrogen and oxygen atoms in total. The summed E-state index contributed by atoms with van der Waals surface area (Å²) in [5, 5.41) is 12.3. The molecule has 0 spiro atoms. The zero-order chi connectivity index (χ0) is 13.3. The summed E-state index contributed by atoms with van der Waals surface area (Å²) in [5.74, 6) is 0. The van der Waals surface area contributed by atoms with E-state index in [2.05, 4.69) is 0 Å². The third-order valence-electron chi connectivity index (χ3n) is 2.53. The number of anilines is 1. The third kappa shape index (κ3) is 2.94. The number of hydrogen-bond acceptors (Lipinski definition) is 5. The van der Waals surface area contributed by atoms with Crippen molar-refractivity contribution >= 4 is 22.4 Å². The third-order valence-corrected chi connectivity index (χ3v) is 3.31. The van der Waals surface area contributed by atoms with Gasteiger partial charge >= 0.3 is 6.02 Å². The highest BCUT2D eigenvalue weighted by Crippen LogP contribution is 2.34. The lowest BCUT2D eigenvalue weighted by Crippen LogP contribution is -2.36. The van der Waals surface area contributed by atoms with Crippen molar-refractivity contribution in [2.24, 2.45) is 0 Å². The van der Waals surface area contributed by atoms with Crippen LogP contribution in [0.15, 0.2) is 11.4 Å². The molecule has 0 radical (unpaired) electrons. The van der Waals surface area contributed by atoms with E-state index in [0.29, 0.717) is 6.61 Å². The number of rotatable bonds is 1. The predicted octanol–water partition coefficient (Wildman–Crippen LogP) is 2.76. The molecule has 18 heavy (non-hydrogen) atoms. The lowest BCUT2D eigenvalue weighted by molar-refractivity contribution is -0.0991. The summed E-state index contributed by atoms with van der Waals surface area (Å²) in [6.07, 6.45) is 0.839. The Balaban J connectivity index is 2.10. The summed E-state index contributed by atoms with van der Waals surface area (Å²) in [4.78, 5) is 5.48. The molecule has 0 bridgehead atoms. The maximum Gasteiger partial charge on any atom is 0.310 e. The van der Waals surface area contributed by atoms with Crippen molar-refractivity contribution in [3.63, 3.8) is 0 Å². The van der Waals surface area contributed by atoms with E-state index in [9.17, 15) is 0 Å². The van der Waals surface area contributed by atoms with Crippen molar-refractivity contribution in [1.29, 1.82) is 5.41 Å². The fourth-order valence-corrected chi connectivity index (χ4v) is 2.55. The van der Waals surface area contributed by atoms with Crippen LogP contribution in [0.25, 0.3) is 0 Å². The Kier molecular flexibility index (Phi) is 3.49. The number of nitrogens with zero attached hydrogens (tertiary/aromatic N) is 1. The van der Waals surface area contributed by atoms with Gasteiger partial charge in [-0.25, -0.2) is 5.41 Å². The molecule has 1 aliphatic rings. The second kappa shape index (κ2) is 4.78. The largest absolute Gasteiger partial charge is 0.458 e. The van der Waals surface area contributed by atoms with Crippen LogP contribution in [-0.4, -0.2) is 23.3 Å². The first kappa shape index (κ1) is 13.2. The number of nitrogens with one attached hydrogen (secondary N) is 1. The molecule has 1 aliphatic heterocycles. The van der Waals surface area contributed by atoms with Gasteiger partial charge in [0.1, 0.15) is 5.60 Å². The molecule has 0 unspecified atom stereocenters. The number of nitrogen functional groups attached to an aromatic ring is 1. The van der Waals surface area contributed by atoms with Gasteiger partial charge in [-0.15, -0.1) is 11.3 Å². The molecular weight excluding hydrogens is 250 g/mol. The van der Waals surface area contributed by atoms with E-state index in [4.69, 9.17) is 20.7 Å². The minimum absolute atomic E-state index is 0.0217. The normalized spacial score (nSPS) is 20.2. The summed E-state index contributed by atoms with van der Waals surface area (Å²) >= 11 is 1.50. The molecule has 0 aliphatic carbocycles. The molecule has 1 aromatic heterocycles. The zero-order valence-electron chi connectivity index (χ0n) is 10.9. The molecule has 100 valence electrons. The van der Waals surface area contributed by atoms with E-state index in [1.54, 1.807) is 0 Å². The van der Waals surface area contributed by atoms with Crippen molar-refractivity contribution in [1.82, 2.24) is 5.06 Å². The highest BCUT2D eigenvalue weighted by molar-refractivity contribution is 7.14. The fraction of sp³-hybridized carbons (Fsp3) is 0.583. The Morgan fingerprint density at radius 2 is 2.33 bits per heavy atom. The van der Waals surface area contributed by atoms with Crippen LogP contribution in [0.4, 0.5) is 5.00 Å². The Morgan fingerprint density at radius 1 is 1.61 bits per heavy atom. The second-order valence-electron chi connectivity index (χ2n) is 5.27. The minimum atomic E-state index is -0.402. The van der Waals surface area contributed by atoms with Crippen LogP contribution in [0.2, 0.25) is 0 Å². The van der Waals surface area contributed by atoms with Gasteiger partial charge in [0.25, 0.3) is 0 Å². The molecule has 2 heterocycles. The van der Waals surface area contributed by atoms with Crippen molar-refractivity contribution < 1.29 is 9.57 Å². The first-order valence-electron chi connectivity index (χ1n) is 5.90. The van der Waals surface area contributed by atoms with Crippen LogP contribution in [0.1, 0.15) is 38.8 Å². The van der Waals surface area contributed by atoms with Gasteiger partial charge in [-0.3, -0.25) is 4.84 Å². The molecule has 0 amide bonds. The number of hydrogen-bond donors (Lipinski definition) is 2. The summed E-state index contributed by atoms with van der Waals surface area (Å²) in [6, 6.07) is 2.00. The van der Waals surface area contributed by atoms with Crippen molar-refractivity contribution in [3.05, 3.63) is 17.0 Å². The summed E-state index contributed by atoms with van der Waals surface area (Å²) in [6.45, 7) is 6.33. The number of thiophene rings is 1. The van der Waals surface area contributed by atoms with Crippen LogP contribution in [0, 0.1) is 5.41 Å². The minimum Gasteiger partial charge on any atom is -0.458 e. The van der Waals surface area contributed by atoms with Gasteiger partial charge in [0.2, 0.25) is 0 Å². The molecule has 1 aromatic rings. The van der Waals surface area contributed by atoms with Crippen LogP contribution < -0.4 is 5.73 Å². The van der Waals surface area contributed by atoms with Gasteiger partial charge in [-0.05, 0) is 37.8 Å². The first-order chi connectivity index (χ1) is 8.37. The average Bonchev–Trinajstić information content (AvgIpc) is 2.81. The predicted molar refractivity (Wildman–Crippen MR) is 72.4 cm³/mol. The summed E-state index contributed by atoms with van der Waals surface area (Å²) in [7, 11) is 0. The average molecular weight is 269 g/mol. The monoisotopic (exact) mass is 269 g/mol. The number of amidine groups is 1. The molecule has 1 fully saturated rings. The Morgan fingerprint density at radius 3 is 2.89 bits per heavy atom. The van der Waals surface area contributed by atoms with Crippen molar-refractivity contribution in [3.8, 4) is 0 Å². The van der Waals surface area contributed by atoms with Gasteiger partial charge in [-0.2, -0.15) is 5.06 Å². The molecule has 1 atom stereocenters. The smallest absolute Gasteiger partial charge is 0.310 e. The standard InChI is InChI=1S/C12H19N3O2S/c1-12(2,3)17-11(14)15-9(4-5-16-15)8-6-10(13)18-7-8/h6-7,9,14H,4-5,13H2,1-3H3/t9-/m0/s1. The fourth-order valence-electron chi connectivity index (χ4n) is 1.85. The quantitative estimate of drug-likeness (QED) is 0.607. The maximum atomic E-state index is 7.98. The summed E-state index contributed by atoms with van der Waals surface area (Å²) in [5.41, 5.74) is 6.42. The van der Waals surface area contributed by atoms with Crippen LogP contribution in [0.5, 0.6) is 0 Å². The van der Waals surface area contributed by atoms with E-state index in [0.717, 1.165) is 17.0 Å². The first-order valence-corrected chi connectivity index (χ1v) is 6.78. The van der Waals surface area contributed by atoms with Gasteiger partial charge in [-0.1, -0.05) is 0 Å². The summed E-state index contributed by atoms with van der Waals surface area (Å²) < 4.78 is 5.54. The van der Waals surface area contributed by atoms with Crippen molar-refractivity contribution in [2.45, 2.75) is 38.8 Å². The number of hydroxylamine groups is 2. The molecule has 2 rings (SSSR count). The van der Waals surface area contributed by atoms with Gasteiger partial charge in [0, 0.05) is 6.42 Å². The van der Waals surface area contributed by atoms with E-state index in [-0.39, 0.29) is 12.1 Å². The van der Waals surface area contributed by atoms with Crippen LogP contribution in [0.3, 0.4) is 0 Å². The maximum absolute atomic E-state index is 7.98. The highest BCUT2D eigenvalue weighted by atomic mass is 32.1. The Labute approximate surface area is 111 Å². The Bertz CT molecular complexity index is 439. The van der Waals surface area contributed by atoms with E-state index in [1.807, 2.05) is 32.2 Å². The Hall–Kier alpha value is -1.27. The van der Waals surface area contributed by atoms with E-state index < -0.39 is 5.60 Å². The topological polar surface area (TPSA) is 71.6 Å². The van der Waals surface area contributed by atoms with Gasteiger partial charge < -0.3 is 10.5 Å². The van der Waals surface area contributed by atoms with Gasteiger partial charge in [0.15, 0.2) is 0 Å². The molecule has 0 aromatic carbocycles. The highest BCUT2D eigenvalue weighted by Gasteiger charge is 2.33. The molecule has 0 saturated carbocycles. The molecule has 3 N–H and O–H groups in total. The zero-order valence-corrected chi connectivity index (χ0v) is 11.7. The van der Waals surface area contributed by atoms with Gasteiger partial charge in [0.05, 0.1) is 17.6 Å². The lowest BCUT2D eigenvalue weighted by atomic mass is 10.1. The van der Waals surface area contributed by atoms with E-state index in [1.165, 1.54) is 16.4 Å². The van der Waals surface area contributed by atoms with E-state index >= 15 is 0 Å². The molecule has 6 heteroatoms. The number of nitrogens with two attached hydrogens (primary N) is 1.